The fourth-order valence-corrected chi connectivity index (χ4v) is 3.00. The largest absolute Gasteiger partial charge is 0.478 e. The number of aromatic carboxylic acids is 1. The van der Waals surface area contributed by atoms with Crippen LogP contribution in [0.5, 0.6) is 0 Å². The Morgan fingerprint density at radius 2 is 1.57 bits per heavy atom. The van der Waals surface area contributed by atoms with Crippen molar-refractivity contribution in [3.05, 3.63) is 99.8 Å². The van der Waals surface area contributed by atoms with Crippen LogP contribution in [-0.4, -0.2) is 20.9 Å². The molecule has 0 atom stereocenters. The minimum atomic E-state index is -1.03. The van der Waals surface area contributed by atoms with Crippen molar-refractivity contribution < 1.29 is 9.90 Å². The Morgan fingerprint density at radius 1 is 0.900 bits per heavy atom. The molecule has 2 N–H and O–H groups in total. The van der Waals surface area contributed by atoms with Gasteiger partial charge < -0.3 is 5.11 Å². The minimum Gasteiger partial charge on any atom is -0.478 e. The van der Waals surface area contributed by atoms with E-state index in [2.05, 4.69) is 15.3 Å². The summed E-state index contributed by atoms with van der Waals surface area (Å²) in [5.41, 5.74) is 2.20. The lowest BCUT2D eigenvalue weighted by atomic mass is 10.1. The van der Waals surface area contributed by atoms with Crippen LogP contribution in [0.25, 0.3) is 16.9 Å². The summed E-state index contributed by atoms with van der Waals surface area (Å²) in [7, 11) is 0. The van der Waals surface area contributed by atoms with Crippen molar-refractivity contribution >= 4 is 28.9 Å². The Hall–Kier alpha value is -3.97. The van der Waals surface area contributed by atoms with Crippen LogP contribution in [0.4, 0.5) is 11.4 Å². The molecule has 4 aromatic rings. The van der Waals surface area contributed by atoms with Gasteiger partial charge in [0.25, 0.3) is 5.56 Å². The van der Waals surface area contributed by atoms with Crippen molar-refractivity contribution in [1.82, 2.24) is 9.78 Å². The maximum Gasteiger partial charge on any atom is 0.335 e. The molecule has 0 aliphatic carbocycles. The molecule has 0 amide bonds. The Labute approximate surface area is 175 Å². The predicted octanol–water partition coefficient (Wildman–Crippen LogP) is 5.60. The third-order valence-corrected chi connectivity index (χ3v) is 4.65. The summed E-state index contributed by atoms with van der Waals surface area (Å²) in [5.74, 6) is -1.03. The van der Waals surface area contributed by atoms with Crippen LogP contribution in [0.2, 0.25) is 5.02 Å². The van der Waals surface area contributed by atoms with E-state index in [-0.39, 0.29) is 16.8 Å². The summed E-state index contributed by atoms with van der Waals surface area (Å²) in [6.45, 7) is 0. The van der Waals surface area contributed by atoms with Gasteiger partial charge in [-0.1, -0.05) is 41.9 Å². The molecule has 0 aliphatic heterocycles. The number of nitrogens with one attached hydrogen (secondary N) is 1. The van der Waals surface area contributed by atoms with Gasteiger partial charge in [0.15, 0.2) is 5.69 Å². The summed E-state index contributed by atoms with van der Waals surface area (Å²) < 4.78 is 1.39. The van der Waals surface area contributed by atoms with Crippen molar-refractivity contribution in [3.8, 4) is 16.9 Å². The molecule has 7 nitrogen and oxygen atoms in total. The van der Waals surface area contributed by atoms with E-state index in [0.29, 0.717) is 22.1 Å². The summed E-state index contributed by atoms with van der Waals surface area (Å²) in [6, 6.07) is 22.0. The van der Waals surface area contributed by atoms with Crippen molar-refractivity contribution in [2.24, 2.45) is 10.2 Å². The Kier molecular flexibility index (Phi) is 5.28. The molecule has 0 unspecified atom stereocenters. The normalized spacial score (nSPS) is 11.1. The van der Waals surface area contributed by atoms with Gasteiger partial charge in [-0.05, 0) is 48.5 Å². The number of azo groups is 1. The number of aromatic nitrogens is 2. The number of carboxylic acids is 1. The van der Waals surface area contributed by atoms with E-state index in [0.717, 1.165) is 5.56 Å². The summed E-state index contributed by atoms with van der Waals surface area (Å²) in [6.07, 6.45) is 0. The number of para-hydroxylation sites is 1. The zero-order valence-corrected chi connectivity index (χ0v) is 16.2. The van der Waals surface area contributed by atoms with Gasteiger partial charge in [0.1, 0.15) is 0 Å². The van der Waals surface area contributed by atoms with Crippen LogP contribution in [0.3, 0.4) is 0 Å². The smallest absolute Gasteiger partial charge is 0.335 e. The highest BCUT2D eigenvalue weighted by molar-refractivity contribution is 6.30. The summed E-state index contributed by atoms with van der Waals surface area (Å²) in [4.78, 5) is 24.1. The molecule has 0 saturated heterocycles. The number of benzene rings is 3. The fraction of sp³-hybridized carbons (Fsp3) is 0. The van der Waals surface area contributed by atoms with Crippen LogP contribution in [0.15, 0.2) is 93.9 Å². The van der Waals surface area contributed by atoms with Gasteiger partial charge in [0.2, 0.25) is 0 Å². The van der Waals surface area contributed by atoms with Gasteiger partial charge >= 0.3 is 5.97 Å². The molecule has 1 aromatic heterocycles. The van der Waals surface area contributed by atoms with Crippen molar-refractivity contribution in [2.75, 3.05) is 0 Å². The van der Waals surface area contributed by atoms with E-state index in [1.165, 1.54) is 28.9 Å². The maximum absolute atomic E-state index is 13.1. The zero-order chi connectivity index (χ0) is 21.1. The molecule has 0 saturated carbocycles. The maximum atomic E-state index is 13.1. The van der Waals surface area contributed by atoms with Gasteiger partial charge in [0, 0.05) is 10.6 Å². The van der Waals surface area contributed by atoms with Crippen molar-refractivity contribution in [3.63, 3.8) is 0 Å². The number of halogens is 1. The third-order valence-electron chi connectivity index (χ3n) is 4.39. The summed E-state index contributed by atoms with van der Waals surface area (Å²) >= 11 is 5.99. The molecule has 0 bridgehead atoms. The Bertz CT molecular complexity index is 1270. The standard InChI is InChI=1S/C22H15ClN4O3/c23-16-10-6-14(7-11-16)19-20(21(28)27(26-19)18-4-2-1-3-5-18)25-24-17-12-8-15(9-13-17)22(29)30/h1-13,26H,(H,29,30). The lowest BCUT2D eigenvalue weighted by Crippen LogP contribution is -2.13. The zero-order valence-electron chi connectivity index (χ0n) is 15.5. The van der Waals surface area contributed by atoms with E-state index in [4.69, 9.17) is 16.7 Å². The van der Waals surface area contributed by atoms with Crippen LogP contribution >= 0.6 is 11.6 Å². The van der Waals surface area contributed by atoms with Crippen molar-refractivity contribution in [2.45, 2.75) is 0 Å². The molecule has 1 heterocycles. The molecule has 4 rings (SSSR count). The number of nitrogens with zero attached hydrogens (tertiary/aromatic N) is 3. The van der Waals surface area contributed by atoms with Gasteiger partial charge in [0.05, 0.1) is 22.6 Å². The molecule has 148 valence electrons. The molecular formula is C22H15ClN4O3. The van der Waals surface area contributed by atoms with Gasteiger partial charge in [-0.15, -0.1) is 5.11 Å². The molecule has 0 fully saturated rings. The first-order chi connectivity index (χ1) is 14.5. The number of hydrogen-bond acceptors (Lipinski definition) is 4. The Balaban J connectivity index is 1.80. The van der Waals surface area contributed by atoms with Crippen LogP contribution in [0.1, 0.15) is 10.4 Å². The first-order valence-electron chi connectivity index (χ1n) is 8.94. The number of hydrogen-bond donors (Lipinski definition) is 2. The molecule has 0 radical (unpaired) electrons. The first kappa shape index (κ1) is 19.4. The molecule has 3 aromatic carbocycles. The molecule has 0 spiro atoms. The molecule has 8 heteroatoms. The second kappa shape index (κ2) is 8.18. The summed E-state index contributed by atoms with van der Waals surface area (Å²) in [5, 5.41) is 21.0. The average molecular weight is 419 g/mol. The Morgan fingerprint density at radius 3 is 2.20 bits per heavy atom. The first-order valence-corrected chi connectivity index (χ1v) is 9.32. The fourth-order valence-electron chi connectivity index (χ4n) is 2.88. The van der Waals surface area contributed by atoms with E-state index in [9.17, 15) is 9.59 Å². The van der Waals surface area contributed by atoms with Gasteiger partial charge in [-0.3, -0.25) is 9.89 Å². The lowest BCUT2D eigenvalue weighted by Gasteiger charge is -2.01. The second-order valence-corrected chi connectivity index (χ2v) is 6.81. The van der Waals surface area contributed by atoms with Gasteiger partial charge in [-0.2, -0.15) is 5.11 Å². The highest BCUT2D eigenvalue weighted by Gasteiger charge is 2.17. The predicted molar refractivity (Wildman–Crippen MR) is 114 cm³/mol. The van der Waals surface area contributed by atoms with E-state index >= 15 is 0 Å². The number of H-pyrrole nitrogens is 1. The number of rotatable bonds is 5. The number of carboxylic acid groups (broad SMARTS) is 1. The highest BCUT2D eigenvalue weighted by Crippen LogP contribution is 2.29. The minimum absolute atomic E-state index is 0.128. The molecular weight excluding hydrogens is 404 g/mol. The highest BCUT2D eigenvalue weighted by atomic mass is 35.5. The topological polar surface area (TPSA) is 99.8 Å². The number of aromatic amines is 1. The van der Waals surface area contributed by atoms with E-state index in [1.54, 1.807) is 36.4 Å². The lowest BCUT2D eigenvalue weighted by molar-refractivity contribution is 0.0697. The van der Waals surface area contributed by atoms with Crippen LogP contribution < -0.4 is 5.56 Å². The average Bonchev–Trinajstić information content (AvgIpc) is 3.10. The van der Waals surface area contributed by atoms with E-state index < -0.39 is 5.97 Å². The second-order valence-electron chi connectivity index (χ2n) is 6.37. The van der Waals surface area contributed by atoms with E-state index in [1.807, 2.05) is 18.2 Å². The monoisotopic (exact) mass is 418 g/mol. The SMILES string of the molecule is O=C(O)c1ccc(N=Nc2c(-c3ccc(Cl)cc3)[nH]n(-c3ccccc3)c2=O)cc1. The van der Waals surface area contributed by atoms with Crippen LogP contribution in [-0.2, 0) is 0 Å². The quantitative estimate of drug-likeness (QED) is 0.412. The van der Waals surface area contributed by atoms with Gasteiger partial charge in [-0.25, -0.2) is 9.48 Å². The molecule has 30 heavy (non-hydrogen) atoms. The number of carbonyl (C=O) groups is 1. The van der Waals surface area contributed by atoms with Crippen LogP contribution in [0, 0.1) is 0 Å². The third kappa shape index (κ3) is 3.92. The van der Waals surface area contributed by atoms with Crippen molar-refractivity contribution in [1.29, 1.82) is 0 Å². The molecule has 0 aliphatic rings.